The summed E-state index contributed by atoms with van der Waals surface area (Å²) in [4.78, 5) is 18.3. The van der Waals surface area contributed by atoms with Crippen LogP contribution in [0.2, 0.25) is 5.02 Å². The minimum Gasteiger partial charge on any atom is -0.334 e. The quantitative estimate of drug-likeness (QED) is 0.924. The third-order valence-electron chi connectivity index (χ3n) is 3.88. The molecule has 2 aromatic rings. The standard InChI is InChI=1S/C15H16ClN3O/c1-2-19-13(20)8-12(17)15(19)10-5-6-11(16)9-4-3-7-18-14(9)10/h3-7,12,15H,2,8,17H2,1H3. The van der Waals surface area contributed by atoms with Crippen LogP contribution in [0.5, 0.6) is 0 Å². The van der Waals surface area contributed by atoms with E-state index in [0.29, 0.717) is 18.0 Å². The Balaban J connectivity index is 2.19. The van der Waals surface area contributed by atoms with Gasteiger partial charge in [0.15, 0.2) is 0 Å². The van der Waals surface area contributed by atoms with Crippen molar-refractivity contribution in [1.29, 1.82) is 0 Å². The number of pyridine rings is 1. The molecular weight excluding hydrogens is 274 g/mol. The maximum atomic E-state index is 12.0. The number of hydrogen-bond donors (Lipinski definition) is 1. The van der Waals surface area contributed by atoms with Gasteiger partial charge in [-0.05, 0) is 25.1 Å². The number of likely N-dealkylation sites (N-methyl/N-ethyl adjacent to an activating group) is 1. The smallest absolute Gasteiger partial charge is 0.224 e. The van der Waals surface area contributed by atoms with Gasteiger partial charge in [0.25, 0.3) is 0 Å². The number of nitrogens with zero attached hydrogens (tertiary/aromatic N) is 2. The monoisotopic (exact) mass is 289 g/mol. The predicted octanol–water partition coefficient (Wildman–Crippen LogP) is 2.51. The highest BCUT2D eigenvalue weighted by molar-refractivity contribution is 6.35. The van der Waals surface area contributed by atoms with Crippen molar-refractivity contribution in [2.75, 3.05) is 6.54 Å². The summed E-state index contributed by atoms with van der Waals surface area (Å²) in [5, 5.41) is 1.56. The normalized spacial score (nSPS) is 22.8. The Kier molecular flexibility index (Phi) is 3.36. The number of hydrogen-bond acceptors (Lipinski definition) is 3. The van der Waals surface area contributed by atoms with Crippen molar-refractivity contribution >= 4 is 28.4 Å². The second-order valence-corrected chi connectivity index (χ2v) is 5.44. The number of carbonyl (C=O) groups is 1. The van der Waals surface area contributed by atoms with Crippen LogP contribution in [0.25, 0.3) is 10.9 Å². The molecular formula is C15H16ClN3O. The summed E-state index contributed by atoms with van der Waals surface area (Å²) in [6.45, 7) is 2.61. The molecule has 0 spiro atoms. The van der Waals surface area contributed by atoms with E-state index in [1.54, 1.807) is 6.20 Å². The van der Waals surface area contributed by atoms with E-state index in [-0.39, 0.29) is 18.0 Å². The second-order valence-electron chi connectivity index (χ2n) is 5.03. The molecule has 1 saturated heterocycles. The largest absolute Gasteiger partial charge is 0.334 e. The predicted molar refractivity (Wildman–Crippen MR) is 79.5 cm³/mol. The van der Waals surface area contributed by atoms with E-state index in [1.807, 2.05) is 36.1 Å². The Labute approximate surface area is 122 Å². The second kappa shape index (κ2) is 5.04. The highest BCUT2D eigenvalue weighted by atomic mass is 35.5. The number of amides is 1. The Morgan fingerprint density at radius 1 is 1.45 bits per heavy atom. The lowest BCUT2D eigenvalue weighted by Gasteiger charge is -2.26. The van der Waals surface area contributed by atoms with Gasteiger partial charge in [-0.1, -0.05) is 17.7 Å². The lowest BCUT2D eigenvalue weighted by molar-refractivity contribution is -0.128. The summed E-state index contributed by atoms with van der Waals surface area (Å²) in [5.74, 6) is 0.101. The van der Waals surface area contributed by atoms with Gasteiger partial charge in [-0.3, -0.25) is 9.78 Å². The lowest BCUT2D eigenvalue weighted by Crippen LogP contribution is -2.33. The molecule has 0 radical (unpaired) electrons. The molecule has 1 aliphatic heterocycles. The van der Waals surface area contributed by atoms with E-state index in [4.69, 9.17) is 17.3 Å². The van der Waals surface area contributed by atoms with Crippen LogP contribution in [0.1, 0.15) is 24.9 Å². The molecule has 104 valence electrons. The molecule has 0 aliphatic carbocycles. The van der Waals surface area contributed by atoms with Crippen LogP contribution in [0.4, 0.5) is 0 Å². The van der Waals surface area contributed by atoms with Gasteiger partial charge in [0.1, 0.15) is 0 Å². The molecule has 5 heteroatoms. The molecule has 1 aliphatic rings. The average molecular weight is 290 g/mol. The van der Waals surface area contributed by atoms with E-state index < -0.39 is 0 Å². The third kappa shape index (κ3) is 1.96. The summed E-state index contributed by atoms with van der Waals surface area (Å²) in [6.07, 6.45) is 2.12. The third-order valence-corrected chi connectivity index (χ3v) is 4.21. The number of benzene rings is 1. The zero-order chi connectivity index (χ0) is 14.3. The number of fused-ring (bicyclic) bond motifs is 1. The van der Waals surface area contributed by atoms with E-state index in [9.17, 15) is 4.79 Å². The van der Waals surface area contributed by atoms with E-state index in [2.05, 4.69) is 4.98 Å². The summed E-state index contributed by atoms with van der Waals surface area (Å²) in [5.41, 5.74) is 7.98. The molecule has 1 fully saturated rings. The van der Waals surface area contributed by atoms with Gasteiger partial charge < -0.3 is 10.6 Å². The van der Waals surface area contributed by atoms with Crippen LogP contribution in [0.15, 0.2) is 30.5 Å². The molecule has 2 unspecified atom stereocenters. The molecule has 2 atom stereocenters. The van der Waals surface area contributed by atoms with Gasteiger partial charge >= 0.3 is 0 Å². The number of carbonyl (C=O) groups excluding carboxylic acids is 1. The molecule has 2 N–H and O–H groups in total. The van der Waals surface area contributed by atoms with Crippen LogP contribution in [-0.2, 0) is 4.79 Å². The van der Waals surface area contributed by atoms with Gasteiger partial charge in [0, 0.05) is 41.2 Å². The SMILES string of the molecule is CCN1C(=O)CC(N)C1c1ccc(Cl)c2cccnc12. The van der Waals surface area contributed by atoms with Gasteiger partial charge in [0.05, 0.1) is 11.6 Å². The summed E-state index contributed by atoms with van der Waals surface area (Å²) in [7, 11) is 0. The summed E-state index contributed by atoms with van der Waals surface area (Å²) in [6, 6.07) is 7.26. The van der Waals surface area contributed by atoms with Crippen LogP contribution in [0, 0.1) is 0 Å². The number of aromatic nitrogens is 1. The Hall–Kier alpha value is -1.65. The minimum atomic E-state index is -0.200. The van der Waals surface area contributed by atoms with Crippen molar-refractivity contribution in [2.24, 2.45) is 5.73 Å². The van der Waals surface area contributed by atoms with E-state index in [1.165, 1.54) is 0 Å². The zero-order valence-corrected chi connectivity index (χ0v) is 12.0. The molecule has 3 rings (SSSR count). The Bertz CT molecular complexity index is 673. The lowest BCUT2D eigenvalue weighted by atomic mass is 9.97. The van der Waals surface area contributed by atoms with Crippen molar-refractivity contribution < 1.29 is 4.79 Å². The molecule has 1 aromatic carbocycles. The van der Waals surface area contributed by atoms with Crippen LogP contribution in [-0.4, -0.2) is 28.4 Å². The number of halogens is 1. The topological polar surface area (TPSA) is 59.2 Å². The summed E-state index contributed by atoms with van der Waals surface area (Å²) >= 11 is 6.22. The fourth-order valence-corrected chi connectivity index (χ4v) is 3.20. The first-order valence-electron chi connectivity index (χ1n) is 6.71. The van der Waals surface area contributed by atoms with Crippen molar-refractivity contribution in [1.82, 2.24) is 9.88 Å². The highest BCUT2D eigenvalue weighted by Crippen LogP contribution is 2.36. The Morgan fingerprint density at radius 3 is 3.00 bits per heavy atom. The molecule has 1 aromatic heterocycles. The fourth-order valence-electron chi connectivity index (χ4n) is 2.99. The average Bonchev–Trinajstić information content (AvgIpc) is 2.73. The molecule has 0 bridgehead atoms. The molecule has 20 heavy (non-hydrogen) atoms. The van der Waals surface area contributed by atoms with Crippen molar-refractivity contribution in [2.45, 2.75) is 25.4 Å². The maximum absolute atomic E-state index is 12.0. The summed E-state index contributed by atoms with van der Waals surface area (Å²) < 4.78 is 0. The van der Waals surface area contributed by atoms with Gasteiger partial charge in [-0.15, -0.1) is 0 Å². The fraction of sp³-hybridized carbons (Fsp3) is 0.333. The first-order chi connectivity index (χ1) is 9.63. The number of nitrogens with two attached hydrogens (primary N) is 1. The first-order valence-corrected chi connectivity index (χ1v) is 7.09. The highest BCUT2D eigenvalue weighted by Gasteiger charge is 2.38. The maximum Gasteiger partial charge on any atom is 0.224 e. The van der Waals surface area contributed by atoms with E-state index in [0.717, 1.165) is 16.5 Å². The van der Waals surface area contributed by atoms with Crippen LogP contribution < -0.4 is 5.73 Å². The van der Waals surface area contributed by atoms with Crippen LogP contribution >= 0.6 is 11.6 Å². The van der Waals surface area contributed by atoms with Gasteiger partial charge in [-0.25, -0.2) is 0 Å². The molecule has 0 saturated carbocycles. The Morgan fingerprint density at radius 2 is 2.25 bits per heavy atom. The zero-order valence-electron chi connectivity index (χ0n) is 11.2. The molecule has 1 amide bonds. The van der Waals surface area contributed by atoms with Crippen molar-refractivity contribution in [3.8, 4) is 0 Å². The van der Waals surface area contributed by atoms with Crippen molar-refractivity contribution in [3.63, 3.8) is 0 Å². The van der Waals surface area contributed by atoms with Crippen molar-refractivity contribution in [3.05, 3.63) is 41.0 Å². The van der Waals surface area contributed by atoms with Gasteiger partial charge in [-0.2, -0.15) is 0 Å². The number of likely N-dealkylation sites (tertiary alicyclic amines) is 1. The molecule has 4 nitrogen and oxygen atoms in total. The molecule has 2 heterocycles. The van der Waals surface area contributed by atoms with E-state index >= 15 is 0 Å². The first kappa shape index (κ1) is 13.3. The minimum absolute atomic E-state index is 0.101. The number of rotatable bonds is 2. The van der Waals surface area contributed by atoms with Gasteiger partial charge in [0.2, 0.25) is 5.91 Å². The van der Waals surface area contributed by atoms with Crippen LogP contribution in [0.3, 0.4) is 0 Å².